The largest absolute Gasteiger partial charge is 0.409 e. The van der Waals surface area contributed by atoms with Crippen molar-refractivity contribution in [2.75, 3.05) is 6.54 Å². The molecule has 1 fully saturated rings. The molecule has 1 saturated heterocycles. The number of sulfonamides is 1. The van der Waals surface area contributed by atoms with Gasteiger partial charge in [0.1, 0.15) is 0 Å². The van der Waals surface area contributed by atoms with Crippen molar-refractivity contribution in [1.82, 2.24) is 14.5 Å². The van der Waals surface area contributed by atoms with Crippen LogP contribution < -0.4 is 5.73 Å². The molecule has 0 bridgehead atoms. The normalized spacial score (nSPS) is 23.1. The smallest absolute Gasteiger partial charge is 0.260 e. The van der Waals surface area contributed by atoms with Gasteiger partial charge in [0.15, 0.2) is 10.9 Å². The number of piperidine rings is 1. The lowest BCUT2D eigenvalue weighted by Crippen LogP contribution is -2.50. The summed E-state index contributed by atoms with van der Waals surface area (Å²) in [5, 5.41) is 17.7. The van der Waals surface area contributed by atoms with Gasteiger partial charge in [0.05, 0.1) is 12.2 Å². The van der Waals surface area contributed by atoms with Crippen LogP contribution in [-0.4, -0.2) is 46.5 Å². The summed E-state index contributed by atoms with van der Waals surface area (Å²) < 4.78 is 25.9. The first-order valence-electron chi connectivity index (χ1n) is 5.56. The maximum Gasteiger partial charge on any atom is 0.260 e. The highest BCUT2D eigenvalue weighted by molar-refractivity contribution is 7.89. The minimum Gasteiger partial charge on any atom is -0.409 e. The van der Waals surface area contributed by atoms with Gasteiger partial charge in [-0.05, 0) is 18.9 Å². The summed E-state index contributed by atoms with van der Waals surface area (Å²) in [5.74, 6) is -0.0854. The molecule has 100 valence electrons. The van der Waals surface area contributed by atoms with Crippen LogP contribution in [0.2, 0.25) is 0 Å². The van der Waals surface area contributed by atoms with Gasteiger partial charge in [-0.3, -0.25) is 5.10 Å². The van der Waals surface area contributed by atoms with E-state index < -0.39 is 16.1 Å². The average Bonchev–Trinajstić information content (AvgIpc) is 2.92. The van der Waals surface area contributed by atoms with Gasteiger partial charge >= 0.3 is 0 Å². The molecule has 2 rings (SSSR count). The fourth-order valence-corrected chi connectivity index (χ4v) is 3.64. The molecule has 0 saturated carbocycles. The third kappa shape index (κ3) is 2.18. The maximum absolute atomic E-state index is 12.3. The number of hydrogen-bond donors (Lipinski definition) is 3. The van der Waals surface area contributed by atoms with Gasteiger partial charge in [-0.1, -0.05) is 11.6 Å². The topological polar surface area (TPSA) is 125 Å². The maximum atomic E-state index is 12.3. The monoisotopic (exact) mass is 273 g/mol. The van der Waals surface area contributed by atoms with Crippen molar-refractivity contribution in [3.05, 3.63) is 12.3 Å². The highest BCUT2D eigenvalue weighted by atomic mass is 32.2. The Kier molecular flexibility index (Phi) is 3.53. The number of nitrogens with two attached hydrogens (primary N) is 1. The first-order chi connectivity index (χ1) is 8.57. The van der Waals surface area contributed by atoms with E-state index in [1.165, 1.54) is 16.6 Å². The van der Waals surface area contributed by atoms with Crippen molar-refractivity contribution in [1.29, 1.82) is 0 Å². The predicted molar refractivity (Wildman–Crippen MR) is 63.5 cm³/mol. The molecule has 8 nitrogen and oxygen atoms in total. The summed E-state index contributed by atoms with van der Waals surface area (Å²) in [6, 6.07) is 0.782. The molecular formula is C9H15N5O3S. The first kappa shape index (κ1) is 12.8. The zero-order valence-electron chi connectivity index (χ0n) is 9.65. The average molecular weight is 273 g/mol. The summed E-state index contributed by atoms with van der Waals surface area (Å²) >= 11 is 0. The lowest BCUT2D eigenvalue weighted by atomic mass is 10.0. The van der Waals surface area contributed by atoms with Crippen molar-refractivity contribution in [2.24, 2.45) is 10.9 Å². The number of aromatic nitrogens is 2. The number of hydrogen-bond acceptors (Lipinski definition) is 5. The molecule has 0 aromatic carbocycles. The van der Waals surface area contributed by atoms with Gasteiger partial charge in [-0.25, -0.2) is 8.42 Å². The zero-order chi connectivity index (χ0) is 13.2. The molecule has 9 heteroatoms. The number of rotatable bonds is 3. The molecule has 0 amide bonds. The number of nitrogens with zero attached hydrogens (tertiary/aromatic N) is 3. The van der Waals surface area contributed by atoms with E-state index in [0.717, 1.165) is 12.8 Å². The third-order valence-corrected chi connectivity index (χ3v) is 4.81. The van der Waals surface area contributed by atoms with E-state index in [1.807, 2.05) is 0 Å². The van der Waals surface area contributed by atoms with Gasteiger partial charge in [-0.15, -0.1) is 0 Å². The van der Waals surface area contributed by atoms with Crippen LogP contribution in [-0.2, 0) is 10.0 Å². The Morgan fingerprint density at radius 1 is 1.61 bits per heavy atom. The van der Waals surface area contributed by atoms with Crippen molar-refractivity contribution in [2.45, 2.75) is 30.3 Å². The summed E-state index contributed by atoms with van der Waals surface area (Å²) in [4.78, 5) is 0. The number of oxime groups is 1. The summed E-state index contributed by atoms with van der Waals surface area (Å²) in [6.45, 7) is 0.349. The molecular weight excluding hydrogens is 258 g/mol. The van der Waals surface area contributed by atoms with Crippen LogP contribution >= 0.6 is 0 Å². The summed E-state index contributed by atoms with van der Waals surface area (Å²) in [7, 11) is -3.68. The third-order valence-electron chi connectivity index (χ3n) is 2.97. The molecule has 4 N–H and O–H groups in total. The minimum atomic E-state index is -3.68. The van der Waals surface area contributed by atoms with Crippen molar-refractivity contribution in [3.63, 3.8) is 0 Å². The van der Waals surface area contributed by atoms with Gasteiger partial charge in [0.2, 0.25) is 0 Å². The van der Waals surface area contributed by atoms with E-state index in [1.54, 1.807) is 0 Å². The number of amidine groups is 1. The van der Waals surface area contributed by atoms with Gasteiger partial charge in [-0.2, -0.15) is 9.40 Å². The second-order valence-electron chi connectivity index (χ2n) is 4.07. The highest BCUT2D eigenvalue weighted by Crippen LogP contribution is 2.24. The first-order valence-corrected chi connectivity index (χ1v) is 7.00. The van der Waals surface area contributed by atoms with E-state index in [2.05, 4.69) is 15.4 Å². The molecule has 1 aromatic rings. The number of aromatic amines is 1. The lowest BCUT2D eigenvalue weighted by molar-refractivity contribution is 0.280. The molecule has 1 aliphatic heterocycles. The molecule has 18 heavy (non-hydrogen) atoms. The van der Waals surface area contributed by atoms with E-state index >= 15 is 0 Å². The van der Waals surface area contributed by atoms with E-state index in [4.69, 9.17) is 10.9 Å². The van der Waals surface area contributed by atoms with Crippen LogP contribution in [0.15, 0.2) is 22.4 Å². The molecule has 2 heterocycles. The van der Waals surface area contributed by atoms with Crippen LogP contribution in [0, 0.1) is 0 Å². The standard InChI is InChI=1S/C9H15N5O3S/c10-9(13-15)7-3-1-2-6-14(7)18(16,17)8-4-5-11-12-8/h4-5,7,15H,1-3,6H2,(H2,10,13)(H,11,12). The molecule has 0 spiro atoms. The Morgan fingerprint density at radius 2 is 2.39 bits per heavy atom. The van der Waals surface area contributed by atoms with Gasteiger partial charge in [0, 0.05) is 6.54 Å². The molecule has 0 aliphatic carbocycles. The lowest BCUT2D eigenvalue weighted by Gasteiger charge is -2.33. The summed E-state index contributed by atoms with van der Waals surface area (Å²) in [5.41, 5.74) is 5.56. The molecule has 1 aromatic heterocycles. The Hall–Kier alpha value is -1.61. The fraction of sp³-hybridized carbons (Fsp3) is 0.556. The number of nitrogens with one attached hydrogen (secondary N) is 1. The van der Waals surface area contributed by atoms with Crippen LogP contribution in [0.1, 0.15) is 19.3 Å². The molecule has 1 unspecified atom stereocenters. The van der Waals surface area contributed by atoms with Crippen molar-refractivity contribution in [3.8, 4) is 0 Å². The second-order valence-corrected chi connectivity index (χ2v) is 5.93. The Labute approximate surface area is 105 Å². The SMILES string of the molecule is NC(=NO)C1CCCCN1S(=O)(=O)c1ccn[nH]1. The summed E-state index contributed by atoms with van der Waals surface area (Å²) in [6.07, 6.45) is 3.51. The molecule has 1 atom stereocenters. The van der Waals surface area contributed by atoms with E-state index in [0.29, 0.717) is 13.0 Å². The van der Waals surface area contributed by atoms with Gasteiger partial charge < -0.3 is 10.9 Å². The predicted octanol–water partition coefficient (Wildman–Crippen LogP) is -0.301. The van der Waals surface area contributed by atoms with Gasteiger partial charge in [0.25, 0.3) is 10.0 Å². The van der Waals surface area contributed by atoms with Crippen LogP contribution in [0.5, 0.6) is 0 Å². The minimum absolute atomic E-state index is 0.0140. The van der Waals surface area contributed by atoms with Crippen molar-refractivity contribution >= 4 is 15.9 Å². The quantitative estimate of drug-likeness (QED) is 0.302. The fourth-order valence-electron chi connectivity index (χ4n) is 2.07. The zero-order valence-corrected chi connectivity index (χ0v) is 10.5. The Bertz CT molecular complexity index is 524. The van der Waals surface area contributed by atoms with E-state index in [-0.39, 0.29) is 10.9 Å². The highest BCUT2D eigenvalue weighted by Gasteiger charge is 2.36. The van der Waals surface area contributed by atoms with Crippen molar-refractivity contribution < 1.29 is 13.6 Å². The molecule has 0 radical (unpaired) electrons. The van der Waals surface area contributed by atoms with Crippen LogP contribution in [0.3, 0.4) is 0 Å². The van der Waals surface area contributed by atoms with Crippen LogP contribution in [0.25, 0.3) is 0 Å². The Balaban J connectivity index is 2.35. The Morgan fingerprint density at radius 3 is 3.00 bits per heavy atom. The van der Waals surface area contributed by atoms with Crippen LogP contribution in [0.4, 0.5) is 0 Å². The second kappa shape index (κ2) is 4.94. The molecule has 1 aliphatic rings. The number of H-pyrrole nitrogens is 1. The van der Waals surface area contributed by atoms with E-state index in [9.17, 15) is 8.42 Å².